The zero-order chi connectivity index (χ0) is 18.5. The molecule has 0 radical (unpaired) electrons. The molecule has 2 aromatic heterocycles. The van der Waals surface area contributed by atoms with E-state index in [1.807, 2.05) is 24.3 Å². The van der Waals surface area contributed by atoms with Crippen LogP contribution >= 0.6 is 0 Å². The van der Waals surface area contributed by atoms with Gasteiger partial charge in [0.1, 0.15) is 24.0 Å². The number of benzene rings is 1. The monoisotopic (exact) mass is 351 g/mol. The van der Waals surface area contributed by atoms with E-state index in [4.69, 9.17) is 0 Å². The van der Waals surface area contributed by atoms with Gasteiger partial charge < -0.3 is 5.32 Å². The topological polar surface area (TPSA) is 132 Å². The normalized spacial score (nSPS) is 10.3. The summed E-state index contributed by atoms with van der Waals surface area (Å²) in [5.74, 6) is -0.0903. The molecular formula is C16H13N7O3. The van der Waals surface area contributed by atoms with Crippen molar-refractivity contribution in [1.82, 2.24) is 19.6 Å². The summed E-state index contributed by atoms with van der Waals surface area (Å²) in [6.45, 7) is 0.168. The number of nitro groups is 1. The van der Waals surface area contributed by atoms with E-state index in [0.717, 1.165) is 6.20 Å². The van der Waals surface area contributed by atoms with Crippen LogP contribution in [0.4, 0.5) is 11.5 Å². The molecule has 0 saturated heterocycles. The van der Waals surface area contributed by atoms with Crippen molar-refractivity contribution in [3.05, 3.63) is 64.6 Å². The number of carbonyl (C=O) groups excluding carboxylic acids is 1. The van der Waals surface area contributed by atoms with Gasteiger partial charge in [0.2, 0.25) is 5.91 Å². The van der Waals surface area contributed by atoms with Gasteiger partial charge in [-0.3, -0.25) is 19.6 Å². The van der Waals surface area contributed by atoms with Crippen molar-refractivity contribution in [3.8, 4) is 11.8 Å². The lowest BCUT2D eigenvalue weighted by atomic mass is 10.3. The molecule has 26 heavy (non-hydrogen) atoms. The van der Waals surface area contributed by atoms with Gasteiger partial charge in [0.15, 0.2) is 5.82 Å². The molecule has 0 fully saturated rings. The molecule has 3 rings (SSSR count). The van der Waals surface area contributed by atoms with E-state index in [1.165, 1.54) is 21.8 Å². The van der Waals surface area contributed by atoms with Gasteiger partial charge in [0, 0.05) is 13.0 Å². The first-order valence-electron chi connectivity index (χ1n) is 7.58. The number of nitrogens with zero attached hydrogens (tertiary/aromatic N) is 6. The van der Waals surface area contributed by atoms with Crippen LogP contribution in [-0.4, -0.2) is 30.4 Å². The molecule has 1 amide bonds. The Balaban J connectivity index is 1.72. The second-order valence-electron chi connectivity index (χ2n) is 5.28. The van der Waals surface area contributed by atoms with Gasteiger partial charge in [-0.25, -0.2) is 4.68 Å². The standard InChI is InChI=1S/C16H13N7O3/c17-8-12-9-19-22(13-4-2-1-3-5-13)16(12)20-15(24)6-7-21-11-14(10-18-21)23(25)26/h1-5,9-11H,6-7H2,(H,20,24). The molecule has 0 spiro atoms. The van der Waals surface area contributed by atoms with Crippen LogP contribution in [0.5, 0.6) is 0 Å². The van der Waals surface area contributed by atoms with Gasteiger partial charge in [0.25, 0.3) is 0 Å². The minimum atomic E-state index is -0.554. The van der Waals surface area contributed by atoms with Crippen molar-refractivity contribution in [3.63, 3.8) is 0 Å². The van der Waals surface area contributed by atoms with E-state index < -0.39 is 4.92 Å². The lowest BCUT2D eigenvalue weighted by molar-refractivity contribution is -0.385. The molecule has 0 aliphatic heterocycles. The predicted molar refractivity (Wildman–Crippen MR) is 90.4 cm³/mol. The average molecular weight is 351 g/mol. The Morgan fingerprint density at radius 3 is 2.69 bits per heavy atom. The smallest absolute Gasteiger partial charge is 0.306 e. The SMILES string of the molecule is N#Cc1cnn(-c2ccccc2)c1NC(=O)CCn1cc([N+](=O)[O-])cn1. The second kappa shape index (κ2) is 7.27. The molecule has 130 valence electrons. The van der Waals surface area contributed by atoms with Crippen LogP contribution in [0.3, 0.4) is 0 Å². The molecule has 0 aliphatic rings. The van der Waals surface area contributed by atoms with Crippen LogP contribution in [0, 0.1) is 21.4 Å². The number of anilines is 1. The Kier molecular flexibility index (Phi) is 4.71. The third-order valence-electron chi connectivity index (χ3n) is 3.55. The van der Waals surface area contributed by atoms with E-state index in [2.05, 4.69) is 15.5 Å². The summed E-state index contributed by atoms with van der Waals surface area (Å²) in [4.78, 5) is 22.3. The van der Waals surface area contributed by atoms with Crippen LogP contribution in [0.1, 0.15) is 12.0 Å². The van der Waals surface area contributed by atoms with Gasteiger partial charge in [0.05, 0.1) is 16.8 Å². The van der Waals surface area contributed by atoms with Gasteiger partial charge in [-0.05, 0) is 12.1 Å². The number of amides is 1. The third kappa shape index (κ3) is 3.57. The minimum absolute atomic E-state index is 0.0314. The van der Waals surface area contributed by atoms with Crippen LogP contribution in [-0.2, 0) is 11.3 Å². The number of hydrogen-bond donors (Lipinski definition) is 1. The lowest BCUT2D eigenvalue weighted by Crippen LogP contribution is -2.17. The largest absolute Gasteiger partial charge is 0.309 e. The highest BCUT2D eigenvalue weighted by Gasteiger charge is 2.15. The highest BCUT2D eigenvalue weighted by Crippen LogP contribution is 2.19. The summed E-state index contributed by atoms with van der Waals surface area (Å²) in [6.07, 6.45) is 3.78. The number of aryl methyl sites for hydroxylation is 1. The molecule has 0 atom stereocenters. The van der Waals surface area contributed by atoms with Crippen LogP contribution in [0.2, 0.25) is 0 Å². The van der Waals surface area contributed by atoms with Gasteiger partial charge >= 0.3 is 5.69 Å². The Bertz CT molecular complexity index is 985. The summed E-state index contributed by atoms with van der Waals surface area (Å²) < 4.78 is 2.78. The molecule has 0 unspecified atom stereocenters. The molecule has 1 N–H and O–H groups in total. The Hall–Kier alpha value is -4.00. The van der Waals surface area contributed by atoms with Crippen molar-refractivity contribution in [2.24, 2.45) is 0 Å². The van der Waals surface area contributed by atoms with Crippen molar-refractivity contribution in [1.29, 1.82) is 5.26 Å². The fourth-order valence-electron chi connectivity index (χ4n) is 2.30. The number of aromatic nitrogens is 4. The predicted octanol–water partition coefficient (Wildman–Crippen LogP) is 1.88. The summed E-state index contributed by atoms with van der Waals surface area (Å²) in [5, 5.41) is 30.5. The number of nitrogens with one attached hydrogen (secondary N) is 1. The fraction of sp³-hybridized carbons (Fsp3) is 0.125. The quantitative estimate of drug-likeness (QED) is 0.532. The molecular weight excluding hydrogens is 338 g/mol. The molecule has 0 bridgehead atoms. The number of carbonyl (C=O) groups is 1. The maximum Gasteiger partial charge on any atom is 0.306 e. The maximum atomic E-state index is 12.2. The summed E-state index contributed by atoms with van der Waals surface area (Å²) >= 11 is 0. The van der Waals surface area contributed by atoms with Crippen LogP contribution in [0.15, 0.2) is 48.9 Å². The summed E-state index contributed by atoms with van der Waals surface area (Å²) in [7, 11) is 0. The maximum absolute atomic E-state index is 12.2. The number of hydrogen-bond acceptors (Lipinski definition) is 6. The molecule has 0 aliphatic carbocycles. The minimum Gasteiger partial charge on any atom is -0.309 e. The fourth-order valence-corrected chi connectivity index (χ4v) is 2.30. The summed E-state index contributed by atoms with van der Waals surface area (Å²) in [5.41, 5.74) is 0.795. The van der Waals surface area contributed by atoms with Crippen molar-refractivity contribution < 1.29 is 9.72 Å². The number of rotatable bonds is 6. The van der Waals surface area contributed by atoms with E-state index in [-0.39, 0.29) is 35.9 Å². The summed E-state index contributed by atoms with van der Waals surface area (Å²) in [6, 6.07) is 11.1. The van der Waals surface area contributed by atoms with Crippen molar-refractivity contribution >= 4 is 17.4 Å². The first-order chi connectivity index (χ1) is 12.6. The van der Waals surface area contributed by atoms with Crippen molar-refractivity contribution in [2.45, 2.75) is 13.0 Å². The molecule has 1 aromatic carbocycles. The average Bonchev–Trinajstić information content (AvgIpc) is 3.27. The molecule has 3 aromatic rings. The van der Waals surface area contributed by atoms with E-state index in [0.29, 0.717) is 5.69 Å². The zero-order valence-corrected chi connectivity index (χ0v) is 13.4. The number of para-hydroxylation sites is 1. The third-order valence-corrected chi connectivity index (χ3v) is 3.55. The molecule has 10 heteroatoms. The Labute approximate surface area is 147 Å². The van der Waals surface area contributed by atoms with Crippen LogP contribution < -0.4 is 5.32 Å². The second-order valence-corrected chi connectivity index (χ2v) is 5.28. The number of nitriles is 1. The molecule has 0 saturated carbocycles. The van der Waals surface area contributed by atoms with Gasteiger partial charge in [-0.1, -0.05) is 18.2 Å². The Morgan fingerprint density at radius 2 is 2.04 bits per heavy atom. The van der Waals surface area contributed by atoms with Crippen molar-refractivity contribution in [2.75, 3.05) is 5.32 Å². The van der Waals surface area contributed by atoms with E-state index in [1.54, 1.807) is 12.1 Å². The first-order valence-corrected chi connectivity index (χ1v) is 7.58. The van der Waals surface area contributed by atoms with E-state index in [9.17, 15) is 20.2 Å². The molecule has 2 heterocycles. The Morgan fingerprint density at radius 1 is 1.27 bits per heavy atom. The lowest BCUT2D eigenvalue weighted by Gasteiger charge is -2.09. The van der Waals surface area contributed by atoms with Crippen LogP contribution in [0.25, 0.3) is 5.69 Å². The van der Waals surface area contributed by atoms with Gasteiger partial charge in [-0.2, -0.15) is 15.5 Å². The van der Waals surface area contributed by atoms with Gasteiger partial charge in [-0.15, -0.1) is 0 Å². The first kappa shape index (κ1) is 16.8. The highest BCUT2D eigenvalue weighted by molar-refractivity contribution is 5.91. The highest BCUT2D eigenvalue weighted by atomic mass is 16.6. The zero-order valence-electron chi connectivity index (χ0n) is 13.4. The van der Waals surface area contributed by atoms with E-state index >= 15 is 0 Å². The molecule has 10 nitrogen and oxygen atoms in total.